The van der Waals surface area contributed by atoms with Crippen molar-refractivity contribution in [3.63, 3.8) is 0 Å². The minimum absolute atomic E-state index is 0.0825. The van der Waals surface area contributed by atoms with Crippen molar-refractivity contribution in [2.75, 3.05) is 6.61 Å². The Morgan fingerprint density at radius 3 is 2.56 bits per heavy atom. The van der Waals surface area contributed by atoms with Crippen LogP contribution in [0, 0.1) is 6.92 Å². The molecular formula is C28H28N2O4. The van der Waals surface area contributed by atoms with Crippen LogP contribution in [0.5, 0.6) is 5.75 Å². The van der Waals surface area contributed by atoms with E-state index in [2.05, 4.69) is 11.9 Å². The lowest BCUT2D eigenvalue weighted by Crippen LogP contribution is -2.29. The molecule has 0 bridgehead atoms. The average Bonchev–Trinajstić information content (AvgIpc) is 3.11. The van der Waals surface area contributed by atoms with Gasteiger partial charge in [0.15, 0.2) is 0 Å². The maximum absolute atomic E-state index is 13.2. The minimum Gasteiger partial charge on any atom is -0.507 e. The highest BCUT2D eigenvalue weighted by molar-refractivity contribution is 6.46. The first kappa shape index (κ1) is 23.2. The smallest absolute Gasteiger partial charge is 0.295 e. The molecule has 1 aliphatic heterocycles. The third kappa shape index (κ3) is 4.71. The second-order valence-corrected chi connectivity index (χ2v) is 8.38. The summed E-state index contributed by atoms with van der Waals surface area (Å²) in [4.78, 5) is 31.9. The minimum atomic E-state index is -0.706. The van der Waals surface area contributed by atoms with Crippen LogP contribution in [0.4, 0.5) is 0 Å². The molecule has 1 aliphatic rings. The van der Waals surface area contributed by atoms with Crippen molar-refractivity contribution < 1.29 is 19.4 Å². The number of amides is 1. The second kappa shape index (κ2) is 10.3. The Balaban J connectivity index is 1.76. The molecule has 1 fully saturated rings. The summed E-state index contributed by atoms with van der Waals surface area (Å²) in [6, 6.07) is 17.5. The lowest BCUT2D eigenvalue weighted by Gasteiger charge is -2.25. The number of likely N-dealkylation sites (tertiary alicyclic amines) is 1. The van der Waals surface area contributed by atoms with Gasteiger partial charge < -0.3 is 14.7 Å². The molecule has 0 saturated carbocycles. The molecule has 0 aliphatic carbocycles. The van der Waals surface area contributed by atoms with E-state index in [0.29, 0.717) is 12.2 Å². The second-order valence-electron chi connectivity index (χ2n) is 8.38. The van der Waals surface area contributed by atoms with Gasteiger partial charge in [0.25, 0.3) is 11.7 Å². The number of carbonyl (C=O) groups is 2. The van der Waals surface area contributed by atoms with E-state index in [0.717, 1.165) is 35.3 Å². The zero-order valence-corrected chi connectivity index (χ0v) is 19.4. The molecule has 2 aromatic carbocycles. The summed E-state index contributed by atoms with van der Waals surface area (Å²) in [6.45, 7) is 4.83. The molecule has 0 spiro atoms. The first-order chi connectivity index (χ1) is 16.5. The SMILES string of the molecule is CCCCOc1ccc(/C(O)=C2\C(=O)C(=O)N(Cc3cccnc3)[C@@H]2c2ccccc2)cc1C. The maximum Gasteiger partial charge on any atom is 0.295 e. The zero-order chi connectivity index (χ0) is 24.1. The molecule has 2 heterocycles. The number of carbonyl (C=O) groups excluding carboxylic acids is 2. The predicted octanol–water partition coefficient (Wildman–Crippen LogP) is 5.19. The van der Waals surface area contributed by atoms with Gasteiger partial charge in [-0.05, 0) is 54.3 Å². The van der Waals surface area contributed by atoms with Crippen molar-refractivity contribution in [1.82, 2.24) is 9.88 Å². The molecule has 6 heteroatoms. The molecule has 1 N–H and O–H groups in total. The molecule has 4 rings (SSSR count). The summed E-state index contributed by atoms with van der Waals surface area (Å²) < 4.78 is 5.82. The Labute approximate surface area is 199 Å². The van der Waals surface area contributed by atoms with E-state index in [9.17, 15) is 14.7 Å². The fourth-order valence-corrected chi connectivity index (χ4v) is 4.15. The molecule has 0 unspecified atom stereocenters. The Morgan fingerprint density at radius 2 is 1.88 bits per heavy atom. The van der Waals surface area contributed by atoms with Crippen LogP contribution in [0.3, 0.4) is 0 Å². The monoisotopic (exact) mass is 456 g/mol. The standard InChI is InChI=1S/C28H28N2O4/c1-3-4-15-34-23-13-12-22(16-19(23)2)26(31)24-25(21-10-6-5-7-11-21)30(28(33)27(24)32)18-20-9-8-14-29-17-20/h5-14,16-17,25,31H,3-4,15,18H2,1-2H3/b26-24+/t25-/m1/s1. The molecule has 6 nitrogen and oxygen atoms in total. The van der Waals surface area contributed by atoms with Gasteiger partial charge in [-0.25, -0.2) is 0 Å². The summed E-state index contributed by atoms with van der Waals surface area (Å²) >= 11 is 0. The third-order valence-electron chi connectivity index (χ3n) is 5.93. The zero-order valence-electron chi connectivity index (χ0n) is 19.4. The lowest BCUT2D eigenvalue weighted by molar-refractivity contribution is -0.140. The van der Waals surface area contributed by atoms with Gasteiger partial charge in [0.1, 0.15) is 11.5 Å². The van der Waals surface area contributed by atoms with Gasteiger partial charge in [0, 0.05) is 24.5 Å². The molecule has 1 amide bonds. The van der Waals surface area contributed by atoms with Gasteiger partial charge in [0.05, 0.1) is 18.2 Å². The quantitative estimate of drug-likeness (QED) is 0.218. The van der Waals surface area contributed by atoms with E-state index in [1.807, 2.05) is 43.3 Å². The van der Waals surface area contributed by atoms with Crippen LogP contribution in [0.25, 0.3) is 5.76 Å². The fraction of sp³-hybridized carbons (Fsp3) is 0.250. The first-order valence-electron chi connectivity index (χ1n) is 11.5. The van der Waals surface area contributed by atoms with Gasteiger partial charge in [-0.1, -0.05) is 49.7 Å². The van der Waals surface area contributed by atoms with Crippen LogP contribution in [0.15, 0.2) is 78.6 Å². The highest BCUT2D eigenvalue weighted by Crippen LogP contribution is 2.40. The molecule has 1 aromatic heterocycles. The van der Waals surface area contributed by atoms with Crippen LogP contribution in [-0.2, 0) is 16.1 Å². The van der Waals surface area contributed by atoms with E-state index in [4.69, 9.17) is 4.74 Å². The number of ketones is 1. The molecule has 174 valence electrons. The molecule has 1 saturated heterocycles. The van der Waals surface area contributed by atoms with E-state index in [-0.39, 0.29) is 17.9 Å². The van der Waals surface area contributed by atoms with Gasteiger partial charge in [-0.15, -0.1) is 0 Å². The Kier molecular flexibility index (Phi) is 7.07. The normalized spacial score (nSPS) is 17.2. The van der Waals surface area contributed by atoms with Crippen LogP contribution in [0.2, 0.25) is 0 Å². The maximum atomic E-state index is 13.2. The van der Waals surface area contributed by atoms with Gasteiger partial charge in [-0.3, -0.25) is 14.6 Å². The van der Waals surface area contributed by atoms with E-state index >= 15 is 0 Å². The summed E-state index contributed by atoms with van der Waals surface area (Å²) in [7, 11) is 0. The molecule has 34 heavy (non-hydrogen) atoms. The number of benzene rings is 2. The van der Waals surface area contributed by atoms with E-state index < -0.39 is 17.7 Å². The summed E-state index contributed by atoms with van der Waals surface area (Å²) in [5.74, 6) is -0.794. The number of aliphatic hydroxyl groups excluding tert-OH is 1. The van der Waals surface area contributed by atoms with Crippen molar-refractivity contribution in [1.29, 1.82) is 0 Å². The Hall–Kier alpha value is -3.93. The Morgan fingerprint density at radius 1 is 1.09 bits per heavy atom. The van der Waals surface area contributed by atoms with Crippen molar-refractivity contribution in [2.45, 2.75) is 39.3 Å². The number of unbranched alkanes of at least 4 members (excludes halogenated alkanes) is 1. The highest BCUT2D eigenvalue weighted by Gasteiger charge is 2.46. The number of aryl methyl sites for hydroxylation is 1. The predicted molar refractivity (Wildman–Crippen MR) is 130 cm³/mol. The number of pyridine rings is 1. The number of rotatable bonds is 8. The number of ether oxygens (including phenoxy) is 1. The first-order valence-corrected chi connectivity index (χ1v) is 11.5. The third-order valence-corrected chi connectivity index (χ3v) is 5.93. The van der Waals surface area contributed by atoms with Gasteiger partial charge >= 0.3 is 0 Å². The highest BCUT2D eigenvalue weighted by atomic mass is 16.5. The van der Waals surface area contributed by atoms with Crippen LogP contribution < -0.4 is 4.74 Å². The fourth-order valence-electron chi connectivity index (χ4n) is 4.15. The number of Topliss-reactive ketones (excluding diaryl/α,β-unsaturated/α-hetero) is 1. The summed E-state index contributed by atoms with van der Waals surface area (Å²) in [5.41, 5.74) is 2.96. The molecule has 0 radical (unpaired) electrons. The van der Waals surface area contributed by atoms with Crippen molar-refractivity contribution in [3.8, 4) is 5.75 Å². The number of aliphatic hydroxyl groups is 1. The van der Waals surface area contributed by atoms with Crippen molar-refractivity contribution >= 4 is 17.4 Å². The molecular weight excluding hydrogens is 428 g/mol. The van der Waals surface area contributed by atoms with Crippen molar-refractivity contribution in [2.24, 2.45) is 0 Å². The summed E-state index contributed by atoms with van der Waals surface area (Å²) in [6.07, 6.45) is 5.32. The molecule has 1 atom stereocenters. The number of hydrogen-bond acceptors (Lipinski definition) is 5. The van der Waals surface area contributed by atoms with Crippen LogP contribution in [-0.4, -0.2) is 33.3 Å². The topological polar surface area (TPSA) is 79.7 Å². The largest absolute Gasteiger partial charge is 0.507 e. The number of aromatic nitrogens is 1. The lowest BCUT2D eigenvalue weighted by atomic mass is 9.94. The average molecular weight is 457 g/mol. The van der Waals surface area contributed by atoms with Crippen LogP contribution in [0.1, 0.15) is 48.1 Å². The Bertz CT molecular complexity index is 1210. The number of nitrogens with zero attached hydrogens (tertiary/aromatic N) is 2. The van der Waals surface area contributed by atoms with E-state index in [1.54, 1.807) is 36.7 Å². The van der Waals surface area contributed by atoms with E-state index in [1.165, 1.54) is 4.90 Å². The van der Waals surface area contributed by atoms with Crippen molar-refractivity contribution in [3.05, 3.63) is 101 Å². The van der Waals surface area contributed by atoms with Gasteiger partial charge in [-0.2, -0.15) is 0 Å². The van der Waals surface area contributed by atoms with Gasteiger partial charge in [0.2, 0.25) is 0 Å². The van der Waals surface area contributed by atoms with Crippen LogP contribution >= 0.6 is 0 Å². The summed E-state index contributed by atoms with van der Waals surface area (Å²) in [5, 5.41) is 11.3. The number of hydrogen-bond donors (Lipinski definition) is 1. The molecule has 3 aromatic rings.